The first-order chi connectivity index (χ1) is 6.59. The Morgan fingerprint density at radius 3 is 2.79 bits per heavy atom. The van der Waals surface area contributed by atoms with Gasteiger partial charge in [0.15, 0.2) is 0 Å². The zero-order valence-corrected chi connectivity index (χ0v) is 8.31. The van der Waals surface area contributed by atoms with Crippen molar-refractivity contribution in [2.24, 2.45) is 5.41 Å². The molecule has 1 aromatic rings. The van der Waals surface area contributed by atoms with Crippen LogP contribution < -0.4 is 11.1 Å². The summed E-state index contributed by atoms with van der Waals surface area (Å²) in [5.74, 6) is -0.286. The molecule has 1 fully saturated rings. The number of nitrogens with two attached hydrogens (primary N) is 1. The molecule has 0 radical (unpaired) electrons. The van der Waals surface area contributed by atoms with Crippen LogP contribution in [0.4, 0.5) is 15.8 Å². The van der Waals surface area contributed by atoms with Gasteiger partial charge in [-0.15, -0.1) is 0 Å². The maximum Gasteiger partial charge on any atom is 0.125 e. The zero-order valence-electron chi connectivity index (χ0n) is 8.31. The van der Waals surface area contributed by atoms with Gasteiger partial charge in [-0.25, -0.2) is 4.39 Å². The Bertz CT molecular complexity index is 345. The fraction of sp³-hybridized carbons (Fsp3) is 0.455. The summed E-state index contributed by atoms with van der Waals surface area (Å²) in [6.45, 7) is 3.16. The molecule has 1 aromatic carbocycles. The highest BCUT2D eigenvalue weighted by Crippen LogP contribution is 2.44. The highest BCUT2D eigenvalue weighted by atomic mass is 19.1. The molecule has 1 aliphatic carbocycles. The van der Waals surface area contributed by atoms with Crippen molar-refractivity contribution < 1.29 is 4.39 Å². The van der Waals surface area contributed by atoms with E-state index in [-0.39, 0.29) is 5.82 Å². The molecule has 2 nitrogen and oxygen atoms in total. The number of nitrogen functional groups attached to an aromatic ring is 1. The van der Waals surface area contributed by atoms with Crippen molar-refractivity contribution in [2.75, 3.05) is 17.6 Å². The first-order valence-electron chi connectivity index (χ1n) is 4.88. The zero-order chi connectivity index (χ0) is 10.2. The van der Waals surface area contributed by atoms with Gasteiger partial charge < -0.3 is 11.1 Å². The number of halogens is 1. The fourth-order valence-electron chi connectivity index (χ4n) is 1.39. The molecule has 0 spiro atoms. The topological polar surface area (TPSA) is 38.0 Å². The van der Waals surface area contributed by atoms with Gasteiger partial charge in [0, 0.05) is 6.54 Å². The Morgan fingerprint density at radius 2 is 2.21 bits per heavy atom. The summed E-state index contributed by atoms with van der Waals surface area (Å²) in [5.41, 5.74) is 7.41. The van der Waals surface area contributed by atoms with Crippen molar-refractivity contribution in [1.29, 1.82) is 0 Å². The average molecular weight is 194 g/mol. The van der Waals surface area contributed by atoms with Crippen LogP contribution in [0.5, 0.6) is 0 Å². The number of hydrogen-bond donors (Lipinski definition) is 2. The second-order valence-corrected chi connectivity index (χ2v) is 4.40. The van der Waals surface area contributed by atoms with Gasteiger partial charge >= 0.3 is 0 Å². The lowest BCUT2D eigenvalue weighted by Crippen LogP contribution is -2.12. The third-order valence-electron chi connectivity index (χ3n) is 2.82. The van der Waals surface area contributed by atoms with E-state index in [1.165, 1.54) is 25.0 Å². The molecule has 0 amide bonds. The quantitative estimate of drug-likeness (QED) is 0.726. The second-order valence-electron chi connectivity index (χ2n) is 4.40. The smallest absolute Gasteiger partial charge is 0.125 e. The summed E-state index contributed by atoms with van der Waals surface area (Å²) in [6.07, 6.45) is 2.53. The number of benzene rings is 1. The summed E-state index contributed by atoms with van der Waals surface area (Å²) < 4.78 is 12.7. The van der Waals surface area contributed by atoms with Gasteiger partial charge in [-0.2, -0.15) is 0 Å². The molecule has 76 valence electrons. The first-order valence-corrected chi connectivity index (χ1v) is 4.88. The van der Waals surface area contributed by atoms with Gasteiger partial charge in [0.25, 0.3) is 0 Å². The second kappa shape index (κ2) is 3.15. The third-order valence-corrected chi connectivity index (χ3v) is 2.82. The van der Waals surface area contributed by atoms with Crippen LogP contribution in [0.3, 0.4) is 0 Å². The Hall–Kier alpha value is -1.25. The van der Waals surface area contributed by atoms with E-state index in [0.29, 0.717) is 11.1 Å². The molecule has 1 saturated carbocycles. The van der Waals surface area contributed by atoms with Crippen molar-refractivity contribution >= 4 is 11.4 Å². The first kappa shape index (κ1) is 9.31. The minimum atomic E-state index is -0.286. The lowest BCUT2D eigenvalue weighted by atomic mass is 10.1. The van der Waals surface area contributed by atoms with Crippen LogP contribution in [-0.4, -0.2) is 6.54 Å². The van der Waals surface area contributed by atoms with Crippen LogP contribution in [0.15, 0.2) is 18.2 Å². The fourth-order valence-corrected chi connectivity index (χ4v) is 1.39. The van der Waals surface area contributed by atoms with Gasteiger partial charge in [-0.1, -0.05) is 6.92 Å². The van der Waals surface area contributed by atoms with Crippen molar-refractivity contribution in [3.05, 3.63) is 24.0 Å². The molecule has 0 bridgehead atoms. The monoisotopic (exact) mass is 194 g/mol. The largest absolute Gasteiger partial charge is 0.397 e. The standard InChI is InChI=1S/C11H15FN2/c1-11(4-5-11)7-14-10-3-2-8(12)6-9(10)13/h2-3,6,14H,4-5,7,13H2,1H3. The van der Waals surface area contributed by atoms with E-state index in [0.717, 1.165) is 12.2 Å². The van der Waals surface area contributed by atoms with E-state index in [1.807, 2.05) is 0 Å². The Morgan fingerprint density at radius 1 is 1.50 bits per heavy atom. The number of anilines is 2. The minimum Gasteiger partial charge on any atom is -0.397 e. The molecule has 0 unspecified atom stereocenters. The Labute approximate surface area is 83.3 Å². The van der Waals surface area contributed by atoms with Crippen LogP contribution in [0, 0.1) is 11.2 Å². The summed E-state index contributed by atoms with van der Waals surface area (Å²) in [6, 6.07) is 4.46. The number of nitrogens with one attached hydrogen (secondary N) is 1. The van der Waals surface area contributed by atoms with E-state index in [4.69, 9.17) is 5.73 Å². The van der Waals surface area contributed by atoms with Gasteiger partial charge in [-0.05, 0) is 36.5 Å². The van der Waals surface area contributed by atoms with E-state index in [9.17, 15) is 4.39 Å². The predicted octanol–water partition coefficient (Wildman–Crippen LogP) is 2.62. The van der Waals surface area contributed by atoms with E-state index in [1.54, 1.807) is 6.07 Å². The van der Waals surface area contributed by atoms with Crippen LogP contribution in [0.25, 0.3) is 0 Å². The van der Waals surface area contributed by atoms with Gasteiger partial charge in [0.05, 0.1) is 11.4 Å². The maximum absolute atomic E-state index is 12.7. The highest BCUT2D eigenvalue weighted by Gasteiger charge is 2.36. The molecule has 3 N–H and O–H groups in total. The van der Waals surface area contributed by atoms with Gasteiger partial charge in [0.2, 0.25) is 0 Å². The van der Waals surface area contributed by atoms with E-state index in [2.05, 4.69) is 12.2 Å². The molecule has 3 heteroatoms. The summed E-state index contributed by atoms with van der Waals surface area (Å²) in [7, 11) is 0. The van der Waals surface area contributed by atoms with Crippen LogP contribution in [-0.2, 0) is 0 Å². The summed E-state index contributed by atoms with van der Waals surface area (Å²) >= 11 is 0. The maximum atomic E-state index is 12.7. The molecule has 2 rings (SSSR count). The van der Waals surface area contributed by atoms with Crippen molar-refractivity contribution in [2.45, 2.75) is 19.8 Å². The number of hydrogen-bond acceptors (Lipinski definition) is 2. The summed E-state index contributed by atoms with van der Waals surface area (Å²) in [4.78, 5) is 0. The minimum absolute atomic E-state index is 0.286. The molecule has 0 heterocycles. The summed E-state index contributed by atoms with van der Waals surface area (Å²) in [5, 5.41) is 3.25. The van der Waals surface area contributed by atoms with Crippen molar-refractivity contribution in [3.8, 4) is 0 Å². The lowest BCUT2D eigenvalue weighted by Gasteiger charge is -2.13. The molecule has 14 heavy (non-hydrogen) atoms. The highest BCUT2D eigenvalue weighted by molar-refractivity contribution is 5.65. The van der Waals surface area contributed by atoms with E-state index >= 15 is 0 Å². The van der Waals surface area contributed by atoms with Crippen LogP contribution in [0.1, 0.15) is 19.8 Å². The molecule has 0 atom stereocenters. The van der Waals surface area contributed by atoms with Gasteiger partial charge in [-0.3, -0.25) is 0 Å². The van der Waals surface area contributed by atoms with Crippen molar-refractivity contribution in [1.82, 2.24) is 0 Å². The number of rotatable bonds is 3. The molecule has 0 aliphatic heterocycles. The SMILES string of the molecule is CC1(CNc2ccc(F)cc2N)CC1. The van der Waals surface area contributed by atoms with Crippen LogP contribution >= 0.6 is 0 Å². The van der Waals surface area contributed by atoms with Gasteiger partial charge in [0.1, 0.15) is 5.82 Å². The molecule has 1 aliphatic rings. The lowest BCUT2D eigenvalue weighted by molar-refractivity contribution is 0.610. The van der Waals surface area contributed by atoms with E-state index < -0.39 is 0 Å². The third kappa shape index (κ3) is 1.97. The van der Waals surface area contributed by atoms with Crippen molar-refractivity contribution in [3.63, 3.8) is 0 Å². The Balaban J connectivity index is 2.02. The molecular formula is C11H15FN2. The van der Waals surface area contributed by atoms with Crippen LogP contribution in [0.2, 0.25) is 0 Å². The average Bonchev–Trinajstić information content (AvgIpc) is 2.83. The Kier molecular flexibility index (Phi) is 2.10. The molecular weight excluding hydrogens is 179 g/mol. The molecule has 0 saturated heterocycles. The normalized spacial score (nSPS) is 17.9. The molecule has 0 aromatic heterocycles. The predicted molar refractivity (Wildman–Crippen MR) is 56.6 cm³/mol.